The highest BCUT2D eigenvalue weighted by Crippen LogP contribution is 2.38. The van der Waals surface area contributed by atoms with E-state index in [1.165, 1.54) is 47.7 Å². The van der Waals surface area contributed by atoms with E-state index in [2.05, 4.69) is 53.3 Å². The largest absolute Gasteiger partial charge is 0.310 e. The summed E-state index contributed by atoms with van der Waals surface area (Å²) in [6.45, 7) is 5.50. The number of halogens is 1. The zero-order valence-corrected chi connectivity index (χ0v) is 13.1. The van der Waals surface area contributed by atoms with Gasteiger partial charge in [0.2, 0.25) is 0 Å². The Balaban J connectivity index is 2.20. The Hall–Kier alpha value is -0.340. The maximum absolute atomic E-state index is 3.76. The average molecular weight is 310 g/mol. The average Bonchev–Trinajstić information content (AvgIpc) is 2.85. The molecule has 1 nitrogen and oxygen atoms in total. The highest BCUT2D eigenvalue weighted by Gasteiger charge is 2.26. The lowest BCUT2D eigenvalue weighted by atomic mass is 9.91. The molecule has 1 fully saturated rings. The quantitative estimate of drug-likeness (QED) is 0.808. The van der Waals surface area contributed by atoms with Crippen LogP contribution in [0.1, 0.15) is 56.2 Å². The van der Waals surface area contributed by atoms with E-state index >= 15 is 0 Å². The van der Waals surface area contributed by atoms with Gasteiger partial charge in [-0.1, -0.05) is 47.8 Å². The van der Waals surface area contributed by atoms with Crippen molar-refractivity contribution in [1.29, 1.82) is 0 Å². The minimum atomic E-state index is 0.530. The second kappa shape index (κ2) is 6.72. The number of hydrogen-bond acceptors (Lipinski definition) is 1. The Morgan fingerprint density at radius 3 is 2.67 bits per heavy atom. The fraction of sp³-hybridized carbons (Fsp3) is 0.625. The smallest absolute Gasteiger partial charge is 0.0359 e. The first-order valence-corrected chi connectivity index (χ1v) is 8.01. The summed E-state index contributed by atoms with van der Waals surface area (Å²) < 4.78 is 1.27. The molecule has 0 amide bonds. The molecule has 0 heterocycles. The maximum atomic E-state index is 3.76. The topological polar surface area (TPSA) is 12.0 Å². The van der Waals surface area contributed by atoms with Crippen molar-refractivity contribution in [2.45, 2.75) is 52.0 Å². The molecule has 1 atom stereocenters. The van der Waals surface area contributed by atoms with Gasteiger partial charge in [0.05, 0.1) is 0 Å². The summed E-state index contributed by atoms with van der Waals surface area (Å²) in [5.74, 6) is 0.815. The summed E-state index contributed by atoms with van der Waals surface area (Å²) >= 11 is 3.75. The zero-order valence-electron chi connectivity index (χ0n) is 11.5. The van der Waals surface area contributed by atoms with Gasteiger partial charge in [0.1, 0.15) is 0 Å². The molecule has 1 N–H and O–H groups in total. The third-order valence-electron chi connectivity index (χ3n) is 3.98. The van der Waals surface area contributed by atoms with Crippen LogP contribution in [0.4, 0.5) is 0 Å². The fourth-order valence-electron chi connectivity index (χ4n) is 3.01. The van der Waals surface area contributed by atoms with Crippen LogP contribution < -0.4 is 5.32 Å². The van der Waals surface area contributed by atoms with Crippen LogP contribution in [-0.4, -0.2) is 6.54 Å². The van der Waals surface area contributed by atoms with Gasteiger partial charge < -0.3 is 5.32 Å². The van der Waals surface area contributed by atoms with Crippen molar-refractivity contribution in [2.24, 2.45) is 5.92 Å². The Morgan fingerprint density at radius 1 is 1.33 bits per heavy atom. The lowest BCUT2D eigenvalue weighted by Gasteiger charge is -2.26. The van der Waals surface area contributed by atoms with Crippen molar-refractivity contribution in [3.05, 3.63) is 33.8 Å². The molecule has 0 aromatic heterocycles. The molecule has 0 radical (unpaired) electrons. The Labute approximate surface area is 119 Å². The van der Waals surface area contributed by atoms with E-state index in [0.717, 1.165) is 12.5 Å². The van der Waals surface area contributed by atoms with Crippen LogP contribution in [0.2, 0.25) is 0 Å². The van der Waals surface area contributed by atoms with E-state index in [4.69, 9.17) is 0 Å². The summed E-state index contributed by atoms with van der Waals surface area (Å²) in [6, 6.07) is 7.30. The minimum Gasteiger partial charge on any atom is -0.310 e. The SMILES string of the molecule is CCCNC(c1ccc(C)cc1Br)C1CCCC1. The molecule has 1 unspecified atom stereocenters. The standard InChI is InChI=1S/C16H24BrN/c1-3-10-18-16(13-6-4-5-7-13)14-9-8-12(2)11-15(14)17/h8-9,11,13,16,18H,3-7,10H2,1-2H3. The number of rotatable bonds is 5. The summed E-state index contributed by atoms with van der Waals surface area (Å²) in [5.41, 5.74) is 2.77. The van der Waals surface area contributed by atoms with Crippen molar-refractivity contribution in [2.75, 3.05) is 6.54 Å². The highest BCUT2D eigenvalue weighted by molar-refractivity contribution is 9.10. The van der Waals surface area contributed by atoms with Gasteiger partial charge in [-0.05, 0) is 55.8 Å². The van der Waals surface area contributed by atoms with Crippen molar-refractivity contribution >= 4 is 15.9 Å². The first-order chi connectivity index (χ1) is 8.72. The van der Waals surface area contributed by atoms with Crippen LogP contribution in [0.25, 0.3) is 0 Å². The van der Waals surface area contributed by atoms with Gasteiger partial charge in [-0.3, -0.25) is 0 Å². The van der Waals surface area contributed by atoms with Gasteiger partial charge in [-0.2, -0.15) is 0 Å². The van der Waals surface area contributed by atoms with E-state index in [1.807, 2.05) is 0 Å². The molecule has 1 aromatic carbocycles. The molecule has 0 aliphatic heterocycles. The fourth-order valence-corrected chi connectivity index (χ4v) is 3.75. The van der Waals surface area contributed by atoms with Crippen LogP contribution in [0.5, 0.6) is 0 Å². The monoisotopic (exact) mass is 309 g/mol. The molecule has 18 heavy (non-hydrogen) atoms. The Kier molecular flexibility index (Phi) is 5.25. The van der Waals surface area contributed by atoms with E-state index in [-0.39, 0.29) is 0 Å². The molecule has 0 saturated heterocycles. The van der Waals surface area contributed by atoms with Crippen LogP contribution in [0.3, 0.4) is 0 Å². The number of nitrogens with one attached hydrogen (secondary N) is 1. The second-order valence-corrected chi connectivity index (χ2v) is 6.36. The molecule has 2 heteroatoms. The normalized spacial score (nSPS) is 18.2. The molecule has 100 valence electrons. The van der Waals surface area contributed by atoms with Gasteiger partial charge in [0.25, 0.3) is 0 Å². The van der Waals surface area contributed by atoms with Gasteiger partial charge in [-0.15, -0.1) is 0 Å². The second-order valence-electron chi connectivity index (χ2n) is 5.50. The van der Waals surface area contributed by atoms with Crippen molar-refractivity contribution in [3.8, 4) is 0 Å². The van der Waals surface area contributed by atoms with Crippen LogP contribution in [-0.2, 0) is 0 Å². The minimum absolute atomic E-state index is 0.530. The number of aryl methyl sites for hydroxylation is 1. The molecule has 1 saturated carbocycles. The predicted molar refractivity (Wildman–Crippen MR) is 81.9 cm³/mol. The first kappa shape index (κ1) is 14.1. The molecule has 1 aliphatic rings. The maximum Gasteiger partial charge on any atom is 0.0359 e. The summed E-state index contributed by atoms with van der Waals surface area (Å²) in [6.07, 6.45) is 6.76. The van der Waals surface area contributed by atoms with Crippen LogP contribution in [0.15, 0.2) is 22.7 Å². The van der Waals surface area contributed by atoms with Gasteiger partial charge in [-0.25, -0.2) is 0 Å². The lowest BCUT2D eigenvalue weighted by Crippen LogP contribution is -2.28. The predicted octanol–water partition coefficient (Wildman–Crippen LogP) is 4.99. The molecule has 1 aromatic rings. The Morgan fingerprint density at radius 2 is 2.06 bits per heavy atom. The summed E-state index contributed by atoms with van der Waals surface area (Å²) in [4.78, 5) is 0. The molecule has 0 spiro atoms. The Bertz CT molecular complexity index is 383. The zero-order chi connectivity index (χ0) is 13.0. The lowest BCUT2D eigenvalue weighted by molar-refractivity contribution is 0.367. The molecular formula is C16H24BrN. The highest BCUT2D eigenvalue weighted by atomic mass is 79.9. The van der Waals surface area contributed by atoms with Crippen molar-refractivity contribution < 1.29 is 0 Å². The molecule has 0 bridgehead atoms. The van der Waals surface area contributed by atoms with Crippen LogP contribution in [0, 0.1) is 12.8 Å². The molecular weight excluding hydrogens is 286 g/mol. The van der Waals surface area contributed by atoms with E-state index in [0.29, 0.717) is 6.04 Å². The molecule has 1 aliphatic carbocycles. The van der Waals surface area contributed by atoms with Crippen molar-refractivity contribution in [1.82, 2.24) is 5.32 Å². The molecule has 2 rings (SSSR count). The van der Waals surface area contributed by atoms with Crippen molar-refractivity contribution in [3.63, 3.8) is 0 Å². The van der Waals surface area contributed by atoms with E-state index in [9.17, 15) is 0 Å². The van der Waals surface area contributed by atoms with Gasteiger partial charge >= 0.3 is 0 Å². The van der Waals surface area contributed by atoms with E-state index in [1.54, 1.807) is 0 Å². The summed E-state index contributed by atoms with van der Waals surface area (Å²) in [5, 5.41) is 3.76. The first-order valence-electron chi connectivity index (χ1n) is 7.21. The van der Waals surface area contributed by atoms with Crippen LogP contribution >= 0.6 is 15.9 Å². The van der Waals surface area contributed by atoms with Gasteiger partial charge in [0, 0.05) is 10.5 Å². The van der Waals surface area contributed by atoms with E-state index < -0.39 is 0 Å². The third kappa shape index (κ3) is 3.36. The summed E-state index contributed by atoms with van der Waals surface area (Å²) in [7, 11) is 0. The third-order valence-corrected chi connectivity index (χ3v) is 4.66. The number of benzene rings is 1. The van der Waals surface area contributed by atoms with Gasteiger partial charge in [0.15, 0.2) is 0 Å². The number of hydrogen-bond donors (Lipinski definition) is 1.